The number of nitrogens with one attached hydrogen (secondary N) is 1. The Morgan fingerprint density at radius 3 is 2.52 bits per heavy atom. The van der Waals surface area contributed by atoms with E-state index in [2.05, 4.69) is 10.1 Å². The van der Waals surface area contributed by atoms with Crippen LogP contribution in [0.1, 0.15) is 17.5 Å². The Balaban J connectivity index is 1.97. The molecule has 0 bridgehead atoms. The van der Waals surface area contributed by atoms with Gasteiger partial charge in [0.25, 0.3) is 5.56 Å². The molecule has 0 radical (unpaired) electrons. The molecule has 9 nitrogen and oxygen atoms in total. The fraction of sp³-hybridized carbons (Fsp3) is 0.353. The highest BCUT2D eigenvalue weighted by Gasteiger charge is 2.44. The summed E-state index contributed by atoms with van der Waals surface area (Å²) in [6.45, 7) is -0.584. The Labute approximate surface area is 158 Å². The molecule has 0 saturated carbocycles. The topological polar surface area (TPSA) is 141 Å². The van der Waals surface area contributed by atoms with Gasteiger partial charge in [0, 0.05) is 0 Å². The van der Waals surface area contributed by atoms with Crippen LogP contribution in [-0.4, -0.2) is 66.2 Å². The predicted molar refractivity (Wildman–Crippen MR) is 98.1 cm³/mol. The van der Waals surface area contributed by atoms with Gasteiger partial charge in [0.1, 0.15) is 30.1 Å². The summed E-state index contributed by atoms with van der Waals surface area (Å²) in [6.07, 6.45) is -3.92. The fourth-order valence-corrected chi connectivity index (χ4v) is 2.97. The van der Waals surface area contributed by atoms with Crippen LogP contribution in [0.5, 0.6) is 0 Å². The molecule has 1 aliphatic heterocycles. The number of benzene rings is 1. The summed E-state index contributed by atoms with van der Waals surface area (Å²) in [7, 11) is 0. The van der Waals surface area contributed by atoms with Crippen molar-refractivity contribution >= 4 is 24.4 Å². The van der Waals surface area contributed by atoms with Gasteiger partial charge in [0.05, 0.1) is 6.61 Å². The number of aliphatic hydroxyl groups excluding tert-OH is 4. The first kappa shape index (κ1) is 19.5. The minimum absolute atomic E-state index is 0.00409. The molecular formula is C17H19N3O6S. The molecule has 27 heavy (non-hydrogen) atoms. The molecule has 3 rings (SSSR count). The smallest absolute Gasteiger partial charge is 0.277 e. The summed E-state index contributed by atoms with van der Waals surface area (Å²) in [5, 5.41) is 43.5. The Hall–Kier alpha value is -2.21. The van der Waals surface area contributed by atoms with E-state index >= 15 is 0 Å². The average Bonchev–Trinajstić information content (AvgIpc) is 2.67. The molecule has 10 heteroatoms. The van der Waals surface area contributed by atoms with Gasteiger partial charge in [-0.25, -0.2) is 4.68 Å². The van der Waals surface area contributed by atoms with E-state index in [0.717, 1.165) is 10.2 Å². The van der Waals surface area contributed by atoms with Gasteiger partial charge in [-0.3, -0.25) is 9.78 Å². The quantitative estimate of drug-likeness (QED) is 0.436. The Kier molecular flexibility index (Phi) is 5.95. The van der Waals surface area contributed by atoms with E-state index in [9.17, 15) is 25.2 Å². The van der Waals surface area contributed by atoms with Crippen molar-refractivity contribution in [3.05, 3.63) is 56.7 Å². The van der Waals surface area contributed by atoms with Gasteiger partial charge in [0.2, 0.25) is 0 Å². The highest BCUT2D eigenvalue weighted by atomic mass is 32.1. The van der Waals surface area contributed by atoms with Crippen molar-refractivity contribution < 1.29 is 25.2 Å². The van der Waals surface area contributed by atoms with Crippen molar-refractivity contribution in [1.29, 1.82) is 0 Å². The van der Waals surface area contributed by atoms with Crippen molar-refractivity contribution in [2.75, 3.05) is 6.61 Å². The largest absolute Gasteiger partial charge is 0.394 e. The summed E-state index contributed by atoms with van der Waals surface area (Å²) < 4.78 is 6.33. The molecule has 2 heterocycles. The number of aromatic amines is 1. The zero-order valence-electron chi connectivity index (χ0n) is 14.0. The van der Waals surface area contributed by atoms with E-state index in [1.807, 2.05) is 30.3 Å². The maximum Gasteiger partial charge on any atom is 0.277 e. The van der Waals surface area contributed by atoms with Gasteiger partial charge < -0.3 is 25.2 Å². The van der Waals surface area contributed by atoms with E-state index < -0.39 is 42.8 Å². The van der Waals surface area contributed by atoms with Crippen molar-refractivity contribution in [2.24, 2.45) is 0 Å². The van der Waals surface area contributed by atoms with Crippen LogP contribution in [-0.2, 0) is 4.74 Å². The molecule has 1 saturated heterocycles. The third kappa shape index (κ3) is 4.05. The number of ether oxygens (including phenoxy) is 1. The molecule has 144 valence electrons. The lowest BCUT2D eigenvalue weighted by atomic mass is 9.98. The van der Waals surface area contributed by atoms with Crippen LogP contribution in [0.3, 0.4) is 0 Å². The van der Waals surface area contributed by atoms with Gasteiger partial charge in [-0.15, -0.1) is 0 Å². The highest BCUT2D eigenvalue weighted by Crippen LogP contribution is 2.27. The molecule has 1 aromatic heterocycles. The Morgan fingerprint density at radius 2 is 1.85 bits per heavy atom. The number of H-pyrrole nitrogens is 1. The van der Waals surface area contributed by atoms with Crippen LogP contribution in [0.25, 0.3) is 12.2 Å². The molecule has 0 amide bonds. The number of hydrogen-bond donors (Lipinski definition) is 5. The maximum atomic E-state index is 12.1. The SMILES string of the molecule is O=c1[nH]c(=S)n([C@@H]2O[C@H](CO)[C@@H](O)[C@H](O)[C@H]2O)nc1/C=C/c1ccccc1. The maximum absolute atomic E-state index is 12.1. The second-order valence-corrected chi connectivity index (χ2v) is 6.44. The molecule has 1 fully saturated rings. The van der Waals surface area contributed by atoms with Crippen LogP contribution in [0.2, 0.25) is 0 Å². The minimum atomic E-state index is -1.58. The lowest BCUT2D eigenvalue weighted by Crippen LogP contribution is -2.57. The molecular weight excluding hydrogens is 374 g/mol. The minimum Gasteiger partial charge on any atom is -0.394 e. The van der Waals surface area contributed by atoms with Gasteiger partial charge in [0.15, 0.2) is 11.0 Å². The lowest BCUT2D eigenvalue weighted by Gasteiger charge is -2.40. The molecule has 0 aliphatic carbocycles. The first-order valence-corrected chi connectivity index (χ1v) is 8.60. The monoisotopic (exact) mass is 393 g/mol. The predicted octanol–water partition coefficient (Wildman–Crippen LogP) is -0.556. The van der Waals surface area contributed by atoms with E-state index in [0.29, 0.717) is 0 Å². The molecule has 0 unspecified atom stereocenters. The molecule has 5 N–H and O–H groups in total. The first-order valence-electron chi connectivity index (χ1n) is 8.19. The second kappa shape index (κ2) is 8.21. The lowest BCUT2D eigenvalue weighted by molar-refractivity contribution is -0.254. The zero-order valence-corrected chi connectivity index (χ0v) is 14.9. The molecule has 5 atom stereocenters. The van der Waals surface area contributed by atoms with Gasteiger partial charge in [-0.05, 0) is 23.9 Å². The van der Waals surface area contributed by atoms with Gasteiger partial charge in [-0.1, -0.05) is 36.4 Å². The Morgan fingerprint density at radius 1 is 1.15 bits per heavy atom. The third-order valence-corrected chi connectivity index (χ3v) is 4.51. The molecule has 1 aromatic carbocycles. The fourth-order valence-electron chi connectivity index (χ4n) is 2.73. The van der Waals surface area contributed by atoms with Crippen molar-refractivity contribution in [1.82, 2.24) is 14.8 Å². The summed E-state index contributed by atoms with van der Waals surface area (Å²) in [5.74, 6) is 0. The number of nitrogens with zero attached hydrogens (tertiary/aromatic N) is 2. The Bertz CT molecular complexity index is 926. The van der Waals surface area contributed by atoms with Gasteiger partial charge >= 0.3 is 0 Å². The van der Waals surface area contributed by atoms with E-state index in [1.54, 1.807) is 6.08 Å². The van der Waals surface area contributed by atoms with Crippen LogP contribution in [0, 0.1) is 4.77 Å². The van der Waals surface area contributed by atoms with Crippen LogP contribution < -0.4 is 5.56 Å². The highest BCUT2D eigenvalue weighted by molar-refractivity contribution is 7.71. The summed E-state index contributed by atoms with van der Waals surface area (Å²) in [5.41, 5.74) is 0.318. The second-order valence-electron chi connectivity index (χ2n) is 6.05. The van der Waals surface area contributed by atoms with Crippen molar-refractivity contribution in [2.45, 2.75) is 30.6 Å². The number of rotatable bonds is 4. The first-order chi connectivity index (χ1) is 12.9. The van der Waals surface area contributed by atoms with Gasteiger partial charge in [-0.2, -0.15) is 5.10 Å². The molecule has 0 spiro atoms. The van der Waals surface area contributed by atoms with E-state index in [4.69, 9.17) is 17.0 Å². The number of aliphatic hydroxyl groups is 4. The van der Waals surface area contributed by atoms with Crippen molar-refractivity contribution in [3.8, 4) is 0 Å². The summed E-state index contributed by atoms with van der Waals surface area (Å²) in [4.78, 5) is 14.6. The number of hydrogen-bond acceptors (Lipinski definition) is 8. The van der Waals surface area contributed by atoms with Crippen LogP contribution in [0.4, 0.5) is 0 Å². The van der Waals surface area contributed by atoms with Crippen LogP contribution in [0.15, 0.2) is 35.1 Å². The summed E-state index contributed by atoms with van der Waals surface area (Å²) in [6, 6.07) is 9.24. The van der Waals surface area contributed by atoms with E-state index in [1.165, 1.54) is 6.08 Å². The van der Waals surface area contributed by atoms with Crippen LogP contribution >= 0.6 is 12.2 Å². The van der Waals surface area contributed by atoms with E-state index in [-0.39, 0.29) is 10.5 Å². The third-order valence-electron chi connectivity index (χ3n) is 4.22. The molecule has 1 aliphatic rings. The standard InChI is InChI=1S/C17H19N3O6S/c21-8-11-12(22)13(23)14(24)16(26-11)20-17(27)18-15(25)10(19-20)7-6-9-4-2-1-3-5-9/h1-7,11-14,16,21-24H,8H2,(H,18,25,27)/b7-6+/t11-,12-,13+,14-,16-/m1/s1. The molecule has 2 aromatic rings. The van der Waals surface area contributed by atoms with Crippen molar-refractivity contribution in [3.63, 3.8) is 0 Å². The zero-order chi connectivity index (χ0) is 19.6. The normalized spacial score (nSPS) is 28.5. The average molecular weight is 393 g/mol. The number of aromatic nitrogens is 3. The summed E-state index contributed by atoms with van der Waals surface area (Å²) >= 11 is 5.08.